The summed E-state index contributed by atoms with van der Waals surface area (Å²) < 4.78 is 16.2. The van der Waals surface area contributed by atoms with E-state index in [4.69, 9.17) is 14.2 Å². The van der Waals surface area contributed by atoms with Crippen molar-refractivity contribution in [2.45, 2.75) is 89.3 Å². The minimum absolute atomic E-state index is 0.0176. The first-order valence-corrected chi connectivity index (χ1v) is 17.9. The SMILES string of the molecule is COc1cc(C=CC(=O)OCc2ccc(CO[N+](=O)[O-])cc2)ccc1OC(=O)CCCC=CC[C@@H]1[C@@H](CC[C@@H](O)CCc2ccccc2)[C@H](O)C[C@@H]1O. The van der Waals surface area contributed by atoms with E-state index in [9.17, 15) is 35.0 Å². The Morgan fingerprint density at radius 3 is 2.34 bits per heavy atom. The highest BCUT2D eigenvalue weighted by Gasteiger charge is 2.40. The molecule has 1 fully saturated rings. The van der Waals surface area contributed by atoms with E-state index in [-0.39, 0.29) is 37.2 Å². The number of allylic oxidation sites excluding steroid dienone is 2. The third-order valence-corrected chi connectivity index (χ3v) is 9.35. The highest BCUT2D eigenvalue weighted by molar-refractivity contribution is 5.87. The van der Waals surface area contributed by atoms with Gasteiger partial charge in [-0.3, -0.25) is 4.79 Å². The number of nitrogens with zero attached hydrogens (tertiary/aromatic N) is 1. The number of methoxy groups -OCH3 is 1. The molecule has 12 heteroatoms. The molecule has 0 aliphatic heterocycles. The van der Waals surface area contributed by atoms with Gasteiger partial charge in [-0.1, -0.05) is 72.8 Å². The van der Waals surface area contributed by atoms with Gasteiger partial charge in [0.15, 0.2) is 11.5 Å². The molecular weight excluding hydrogens is 682 g/mol. The normalized spacial score (nSPS) is 18.9. The van der Waals surface area contributed by atoms with Crippen LogP contribution in [-0.2, 0) is 38.8 Å². The monoisotopic (exact) mass is 731 g/mol. The summed E-state index contributed by atoms with van der Waals surface area (Å²) in [6.45, 7) is -0.147. The van der Waals surface area contributed by atoms with Crippen molar-refractivity contribution in [1.29, 1.82) is 0 Å². The molecule has 0 spiro atoms. The molecule has 1 aliphatic rings. The Balaban J connectivity index is 1.14. The number of esters is 2. The summed E-state index contributed by atoms with van der Waals surface area (Å²) in [4.78, 5) is 39.5. The third-order valence-electron chi connectivity index (χ3n) is 9.35. The molecule has 12 nitrogen and oxygen atoms in total. The van der Waals surface area contributed by atoms with Gasteiger partial charge in [0.25, 0.3) is 5.09 Å². The standard InChI is InChI=1S/C41H49NO11/c1-50-39-25-30(19-24-40(46)51-27-31-13-15-32(16-14-31)28-52-42(48)49)18-23-38(39)53-41(47)12-8-3-2-7-11-34-35(37(45)26-36(34)44)22-21-33(43)20-17-29-9-5-4-6-10-29/h2,4-7,9-10,13-16,18-19,23-25,33-37,43-45H,3,8,11-12,17,20-22,26-28H2,1H3/t33-,34+,35+,36-,37+/m0/s1. The Hall–Kier alpha value is -5.04. The van der Waals surface area contributed by atoms with Crippen molar-refractivity contribution in [1.82, 2.24) is 0 Å². The lowest BCUT2D eigenvalue weighted by Gasteiger charge is -2.23. The zero-order valence-electron chi connectivity index (χ0n) is 30.0. The molecule has 5 atom stereocenters. The van der Waals surface area contributed by atoms with Gasteiger partial charge in [0, 0.05) is 12.5 Å². The fraction of sp³-hybridized carbons (Fsp3) is 0.415. The van der Waals surface area contributed by atoms with E-state index in [0.717, 1.165) is 6.42 Å². The molecule has 1 aliphatic carbocycles. The topological polar surface area (TPSA) is 175 Å². The van der Waals surface area contributed by atoms with Crippen LogP contribution in [0.5, 0.6) is 11.5 Å². The number of carbonyl (C=O) groups is 2. The molecule has 0 heterocycles. The summed E-state index contributed by atoms with van der Waals surface area (Å²) in [5.74, 6) is -0.571. The fourth-order valence-corrected chi connectivity index (χ4v) is 6.42. The molecule has 3 N–H and O–H groups in total. The molecule has 0 bridgehead atoms. The molecule has 0 radical (unpaired) electrons. The van der Waals surface area contributed by atoms with Gasteiger partial charge in [-0.25, -0.2) is 4.79 Å². The Morgan fingerprint density at radius 1 is 0.906 bits per heavy atom. The van der Waals surface area contributed by atoms with Crippen molar-refractivity contribution in [2.75, 3.05) is 7.11 Å². The summed E-state index contributed by atoms with van der Waals surface area (Å²) in [7, 11) is 1.45. The van der Waals surface area contributed by atoms with Crippen molar-refractivity contribution in [3.8, 4) is 11.5 Å². The number of hydrogen-bond donors (Lipinski definition) is 3. The van der Waals surface area contributed by atoms with E-state index in [2.05, 4.69) is 4.84 Å². The summed E-state index contributed by atoms with van der Waals surface area (Å²) in [5.41, 5.74) is 3.13. The Kier molecular flexibility index (Phi) is 16.5. The number of rotatable bonds is 21. The number of benzene rings is 3. The van der Waals surface area contributed by atoms with Crippen LogP contribution in [0, 0.1) is 22.0 Å². The van der Waals surface area contributed by atoms with Gasteiger partial charge in [-0.05, 0) is 104 Å². The van der Waals surface area contributed by atoms with Gasteiger partial charge in [0.2, 0.25) is 0 Å². The molecule has 284 valence electrons. The van der Waals surface area contributed by atoms with Crippen LogP contribution >= 0.6 is 0 Å². The van der Waals surface area contributed by atoms with Gasteiger partial charge >= 0.3 is 11.9 Å². The zero-order valence-corrected chi connectivity index (χ0v) is 30.0. The first kappa shape index (κ1) is 40.7. The Bertz CT molecular complexity index is 1660. The predicted molar refractivity (Wildman–Crippen MR) is 197 cm³/mol. The maximum absolute atomic E-state index is 12.6. The minimum atomic E-state index is -0.862. The van der Waals surface area contributed by atoms with Crippen molar-refractivity contribution in [3.63, 3.8) is 0 Å². The molecule has 0 unspecified atom stereocenters. The lowest BCUT2D eigenvalue weighted by Crippen LogP contribution is -2.23. The van der Waals surface area contributed by atoms with Crippen LogP contribution in [0.3, 0.4) is 0 Å². The number of aryl methyl sites for hydroxylation is 1. The maximum atomic E-state index is 12.6. The molecule has 4 rings (SSSR count). The summed E-state index contributed by atoms with van der Waals surface area (Å²) >= 11 is 0. The number of unbranched alkanes of at least 4 members (excludes halogenated alkanes) is 1. The Labute approximate surface area is 309 Å². The van der Waals surface area contributed by atoms with Crippen LogP contribution in [0.2, 0.25) is 0 Å². The van der Waals surface area contributed by atoms with Crippen LogP contribution < -0.4 is 9.47 Å². The number of ether oxygens (including phenoxy) is 3. The van der Waals surface area contributed by atoms with E-state index in [1.807, 2.05) is 42.5 Å². The van der Waals surface area contributed by atoms with Gasteiger partial charge < -0.3 is 34.4 Å². The molecule has 53 heavy (non-hydrogen) atoms. The lowest BCUT2D eigenvalue weighted by molar-refractivity contribution is -0.763. The van der Waals surface area contributed by atoms with Crippen molar-refractivity contribution >= 4 is 18.0 Å². The summed E-state index contributed by atoms with van der Waals surface area (Å²) in [6, 6.07) is 21.6. The quantitative estimate of drug-likeness (QED) is 0.0213. The second kappa shape index (κ2) is 21.5. The largest absolute Gasteiger partial charge is 0.493 e. The second-order valence-electron chi connectivity index (χ2n) is 13.2. The van der Waals surface area contributed by atoms with Gasteiger partial charge in [0.05, 0.1) is 25.4 Å². The average molecular weight is 732 g/mol. The van der Waals surface area contributed by atoms with Crippen molar-refractivity contribution in [3.05, 3.63) is 123 Å². The smallest absolute Gasteiger partial charge is 0.331 e. The van der Waals surface area contributed by atoms with Crippen molar-refractivity contribution in [2.24, 2.45) is 11.8 Å². The highest BCUT2D eigenvalue weighted by atomic mass is 16.9. The first-order valence-electron chi connectivity index (χ1n) is 17.9. The molecule has 0 aromatic heterocycles. The molecule has 1 saturated carbocycles. The second-order valence-corrected chi connectivity index (χ2v) is 13.2. The molecule has 3 aromatic carbocycles. The fourth-order valence-electron chi connectivity index (χ4n) is 6.42. The van der Waals surface area contributed by atoms with Crippen molar-refractivity contribution < 1.29 is 49.0 Å². The van der Waals surface area contributed by atoms with Gasteiger partial charge in [-0.15, -0.1) is 10.1 Å². The number of aliphatic hydroxyl groups is 3. The summed E-state index contributed by atoms with van der Waals surface area (Å²) in [6.07, 6.45) is 10.2. The zero-order chi connectivity index (χ0) is 38.0. The van der Waals surface area contributed by atoms with E-state index < -0.39 is 35.3 Å². The lowest BCUT2D eigenvalue weighted by atomic mass is 9.85. The maximum Gasteiger partial charge on any atom is 0.331 e. The predicted octanol–water partition coefficient (Wildman–Crippen LogP) is 6.31. The minimum Gasteiger partial charge on any atom is -0.493 e. The van der Waals surface area contributed by atoms with Gasteiger partial charge in [0.1, 0.15) is 13.2 Å². The van der Waals surface area contributed by atoms with Crippen LogP contribution in [0.15, 0.2) is 91.0 Å². The Morgan fingerprint density at radius 2 is 1.62 bits per heavy atom. The van der Waals surface area contributed by atoms with Crippen LogP contribution in [0.25, 0.3) is 6.08 Å². The average Bonchev–Trinajstić information content (AvgIpc) is 3.43. The molecule has 3 aromatic rings. The van der Waals surface area contributed by atoms with E-state index in [1.54, 1.807) is 48.5 Å². The molecule has 0 amide bonds. The third kappa shape index (κ3) is 14.1. The van der Waals surface area contributed by atoms with Gasteiger partial charge in [-0.2, -0.15) is 0 Å². The first-order chi connectivity index (χ1) is 25.6. The van der Waals surface area contributed by atoms with Crippen LogP contribution in [0.4, 0.5) is 0 Å². The molecular formula is C41H49NO11. The van der Waals surface area contributed by atoms with E-state index in [0.29, 0.717) is 67.4 Å². The number of carbonyl (C=O) groups excluding carboxylic acids is 2. The highest BCUT2D eigenvalue weighted by Crippen LogP contribution is 2.38. The summed E-state index contributed by atoms with van der Waals surface area (Å²) in [5, 5.41) is 41.2. The number of hydrogen-bond acceptors (Lipinski definition) is 11. The van der Waals surface area contributed by atoms with Crippen LogP contribution in [-0.4, -0.2) is 57.8 Å². The van der Waals surface area contributed by atoms with Crippen LogP contribution in [0.1, 0.15) is 73.6 Å². The molecule has 0 saturated heterocycles. The number of aliphatic hydroxyl groups excluding tert-OH is 3. The van der Waals surface area contributed by atoms with E-state index >= 15 is 0 Å². The van der Waals surface area contributed by atoms with E-state index in [1.165, 1.54) is 18.7 Å².